The van der Waals surface area contributed by atoms with Crippen molar-refractivity contribution in [2.45, 2.75) is 36.1 Å². The molecule has 0 bridgehead atoms. The molecule has 2 nitrogen and oxygen atoms in total. The first-order chi connectivity index (χ1) is 9.31. The van der Waals surface area contributed by atoms with Gasteiger partial charge in [0, 0.05) is 22.9 Å². The van der Waals surface area contributed by atoms with Gasteiger partial charge < -0.3 is 5.32 Å². The molecule has 1 aliphatic rings. The first kappa shape index (κ1) is 13.4. The third-order valence-electron chi connectivity index (χ3n) is 2.94. The van der Waals surface area contributed by atoms with Gasteiger partial charge in [0.05, 0.1) is 16.5 Å². The number of thiazole rings is 1. The second-order valence-corrected chi connectivity index (χ2v) is 6.97. The molecule has 0 saturated heterocycles. The molecule has 19 heavy (non-hydrogen) atoms. The van der Waals surface area contributed by atoms with Crippen molar-refractivity contribution in [2.75, 3.05) is 0 Å². The molecule has 1 aromatic carbocycles. The van der Waals surface area contributed by atoms with Crippen molar-refractivity contribution in [2.24, 2.45) is 0 Å². The van der Waals surface area contributed by atoms with E-state index in [1.807, 2.05) is 18.2 Å². The van der Waals surface area contributed by atoms with E-state index in [-0.39, 0.29) is 0 Å². The third kappa shape index (κ3) is 3.96. The van der Waals surface area contributed by atoms with Crippen LogP contribution in [0.5, 0.6) is 0 Å². The average molecular weight is 311 g/mol. The predicted octanol–water partition coefficient (Wildman–Crippen LogP) is 4.34. The molecule has 3 rings (SSSR count). The number of nitrogens with zero attached hydrogens (tertiary/aromatic N) is 1. The van der Waals surface area contributed by atoms with E-state index in [1.54, 1.807) is 23.1 Å². The smallest absolute Gasteiger partial charge is 0.103 e. The van der Waals surface area contributed by atoms with Gasteiger partial charge in [0.25, 0.3) is 0 Å². The Bertz CT molecular complexity index is 552. The van der Waals surface area contributed by atoms with Crippen molar-refractivity contribution in [3.05, 3.63) is 45.4 Å². The molecule has 1 N–H and O–H groups in total. The van der Waals surface area contributed by atoms with Crippen molar-refractivity contribution in [3.63, 3.8) is 0 Å². The van der Waals surface area contributed by atoms with Crippen LogP contribution in [0.25, 0.3) is 0 Å². The summed E-state index contributed by atoms with van der Waals surface area (Å²) in [6, 6.07) is 8.69. The highest BCUT2D eigenvalue weighted by Crippen LogP contribution is 2.30. The second kappa shape index (κ2) is 6.27. The lowest BCUT2D eigenvalue weighted by Crippen LogP contribution is -2.15. The van der Waals surface area contributed by atoms with E-state index < -0.39 is 0 Å². The molecule has 0 amide bonds. The standard InChI is InChI=1S/C14H15ClN2S2/c15-12-3-1-2-4-13(12)18-9-14-17-11(8-19-14)7-16-10-5-6-10/h1-4,8,10,16H,5-7,9H2. The molecular weight excluding hydrogens is 296 g/mol. The maximum absolute atomic E-state index is 6.14. The Hall–Kier alpha value is -0.550. The van der Waals surface area contributed by atoms with E-state index in [0.29, 0.717) is 0 Å². The van der Waals surface area contributed by atoms with Crippen molar-refractivity contribution in [1.29, 1.82) is 0 Å². The van der Waals surface area contributed by atoms with Crippen LogP contribution in [0.1, 0.15) is 23.5 Å². The number of nitrogens with one attached hydrogen (secondary N) is 1. The van der Waals surface area contributed by atoms with Gasteiger partial charge in [-0.25, -0.2) is 4.98 Å². The molecule has 1 fully saturated rings. The number of aromatic nitrogens is 1. The summed E-state index contributed by atoms with van der Waals surface area (Å²) >= 11 is 9.62. The topological polar surface area (TPSA) is 24.9 Å². The van der Waals surface area contributed by atoms with Crippen LogP contribution in [-0.2, 0) is 12.3 Å². The van der Waals surface area contributed by atoms with Gasteiger partial charge in [0.15, 0.2) is 0 Å². The number of rotatable bonds is 6. The van der Waals surface area contributed by atoms with Gasteiger partial charge in [-0.2, -0.15) is 0 Å². The van der Waals surface area contributed by atoms with Crippen molar-refractivity contribution in [1.82, 2.24) is 10.3 Å². The van der Waals surface area contributed by atoms with Crippen LogP contribution in [0.2, 0.25) is 5.02 Å². The Morgan fingerprint density at radius 2 is 2.21 bits per heavy atom. The molecule has 100 valence electrons. The number of benzene rings is 1. The van der Waals surface area contributed by atoms with E-state index in [1.165, 1.54) is 12.8 Å². The first-order valence-corrected chi connectivity index (χ1v) is 8.59. The molecule has 0 unspecified atom stereocenters. The highest BCUT2D eigenvalue weighted by Gasteiger charge is 2.20. The van der Waals surface area contributed by atoms with E-state index in [2.05, 4.69) is 21.7 Å². The van der Waals surface area contributed by atoms with Gasteiger partial charge in [-0.05, 0) is 25.0 Å². The molecule has 2 aromatic rings. The monoisotopic (exact) mass is 310 g/mol. The van der Waals surface area contributed by atoms with Crippen LogP contribution in [0.4, 0.5) is 0 Å². The van der Waals surface area contributed by atoms with Gasteiger partial charge in [0.1, 0.15) is 5.01 Å². The van der Waals surface area contributed by atoms with Crippen LogP contribution < -0.4 is 5.32 Å². The Labute approximate surface area is 126 Å². The van der Waals surface area contributed by atoms with Gasteiger partial charge >= 0.3 is 0 Å². The normalized spacial score (nSPS) is 14.8. The first-order valence-electron chi connectivity index (χ1n) is 6.35. The number of halogens is 1. The maximum atomic E-state index is 6.14. The molecule has 1 saturated carbocycles. The Kier molecular flexibility index (Phi) is 4.43. The summed E-state index contributed by atoms with van der Waals surface area (Å²) in [6.07, 6.45) is 2.64. The quantitative estimate of drug-likeness (QED) is 0.803. The molecule has 0 radical (unpaired) electrons. The zero-order valence-electron chi connectivity index (χ0n) is 10.4. The van der Waals surface area contributed by atoms with Crippen LogP contribution in [0, 0.1) is 0 Å². The molecule has 0 spiro atoms. The summed E-state index contributed by atoms with van der Waals surface area (Å²) in [5.41, 5.74) is 1.16. The summed E-state index contributed by atoms with van der Waals surface area (Å²) in [6.45, 7) is 0.901. The van der Waals surface area contributed by atoms with Gasteiger partial charge in [-0.3, -0.25) is 0 Å². The van der Waals surface area contributed by atoms with E-state index in [4.69, 9.17) is 11.6 Å². The third-order valence-corrected chi connectivity index (χ3v) is 5.54. The lowest BCUT2D eigenvalue weighted by atomic mass is 10.4. The summed E-state index contributed by atoms with van der Waals surface area (Å²) in [5, 5.41) is 7.62. The van der Waals surface area contributed by atoms with E-state index in [9.17, 15) is 0 Å². The fourth-order valence-electron chi connectivity index (χ4n) is 1.73. The number of hydrogen-bond acceptors (Lipinski definition) is 4. The predicted molar refractivity (Wildman–Crippen MR) is 83.0 cm³/mol. The zero-order valence-corrected chi connectivity index (χ0v) is 12.8. The molecule has 1 aromatic heterocycles. The minimum Gasteiger partial charge on any atom is -0.308 e. The fourth-order valence-corrected chi connectivity index (χ4v) is 3.78. The van der Waals surface area contributed by atoms with Crippen molar-refractivity contribution >= 4 is 34.7 Å². The summed E-state index contributed by atoms with van der Waals surface area (Å²) < 4.78 is 0. The van der Waals surface area contributed by atoms with Crippen molar-refractivity contribution in [3.8, 4) is 0 Å². The molecule has 5 heteroatoms. The minimum atomic E-state index is 0.739. The lowest BCUT2D eigenvalue weighted by Gasteiger charge is -2.01. The van der Waals surface area contributed by atoms with Gasteiger partial charge in [-0.1, -0.05) is 23.7 Å². The molecule has 0 aliphatic heterocycles. The Morgan fingerprint density at radius 3 is 3.00 bits per heavy atom. The molecular formula is C14H15ClN2S2. The number of thioether (sulfide) groups is 1. The van der Waals surface area contributed by atoms with E-state index in [0.717, 1.165) is 39.0 Å². The summed E-state index contributed by atoms with van der Waals surface area (Å²) in [7, 11) is 0. The van der Waals surface area contributed by atoms with Crippen molar-refractivity contribution < 1.29 is 0 Å². The zero-order chi connectivity index (χ0) is 13.1. The summed E-state index contributed by atoms with van der Waals surface area (Å²) in [5.74, 6) is 0.887. The van der Waals surface area contributed by atoms with Crippen LogP contribution in [-0.4, -0.2) is 11.0 Å². The molecule has 1 aliphatic carbocycles. The Balaban J connectivity index is 1.53. The SMILES string of the molecule is Clc1ccccc1SCc1nc(CNC2CC2)cs1. The molecule has 1 heterocycles. The van der Waals surface area contributed by atoms with E-state index >= 15 is 0 Å². The van der Waals surface area contributed by atoms with Gasteiger partial charge in [0.2, 0.25) is 0 Å². The average Bonchev–Trinajstić information content (AvgIpc) is 3.14. The highest BCUT2D eigenvalue weighted by atomic mass is 35.5. The Morgan fingerprint density at radius 1 is 1.37 bits per heavy atom. The van der Waals surface area contributed by atoms with Crippen LogP contribution in [0.15, 0.2) is 34.5 Å². The maximum Gasteiger partial charge on any atom is 0.103 e. The fraction of sp³-hybridized carbons (Fsp3) is 0.357. The largest absolute Gasteiger partial charge is 0.308 e. The highest BCUT2D eigenvalue weighted by molar-refractivity contribution is 7.98. The second-order valence-electron chi connectivity index (χ2n) is 4.61. The number of hydrogen-bond donors (Lipinski definition) is 1. The minimum absolute atomic E-state index is 0.739. The lowest BCUT2D eigenvalue weighted by molar-refractivity contribution is 0.676. The summed E-state index contributed by atoms with van der Waals surface area (Å²) in [4.78, 5) is 5.77. The van der Waals surface area contributed by atoms with Gasteiger partial charge in [-0.15, -0.1) is 23.1 Å². The van der Waals surface area contributed by atoms with Crippen LogP contribution >= 0.6 is 34.7 Å². The molecule has 0 atom stereocenters. The van der Waals surface area contributed by atoms with Crippen LogP contribution in [0.3, 0.4) is 0 Å².